The third-order valence-electron chi connectivity index (χ3n) is 5.27. The summed E-state index contributed by atoms with van der Waals surface area (Å²) in [5.74, 6) is -1.00. The molecule has 1 spiro atoms. The predicted molar refractivity (Wildman–Crippen MR) is 102 cm³/mol. The van der Waals surface area contributed by atoms with Crippen molar-refractivity contribution in [3.05, 3.63) is 40.9 Å². The van der Waals surface area contributed by atoms with E-state index in [-0.39, 0.29) is 6.42 Å². The minimum absolute atomic E-state index is 0.245. The Morgan fingerprint density at radius 3 is 2.44 bits per heavy atom. The fourth-order valence-electron chi connectivity index (χ4n) is 4.01. The summed E-state index contributed by atoms with van der Waals surface area (Å²) in [6.45, 7) is 7.46. The number of nitrogens with zero attached hydrogens (tertiary/aromatic N) is 1. The van der Waals surface area contributed by atoms with Gasteiger partial charge in [0.1, 0.15) is 5.60 Å². The van der Waals surface area contributed by atoms with Gasteiger partial charge in [0.05, 0.1) is 5.69 Å². The minimum atomic E-state index is -1.23. The van der Waals surface area contributed by atoms with Crippen molar-refractivity contribution < 1.29 is 19.1 Å². The molecular formula is C20H22N2O4S. The molecule has 3 heterocycles. The summed E-state index contributed by atoms with van der Waals surface area (Å²) in [5.41, 5.74) is -0.107. The quantitative estimate of drug-likeness (QED) is 0.633. The number of anilines is 2. The highest BCUT2D eigenvalue weighted by atomic mass is 32.1. The van der Waals surface area contributed by atoms with E-state index >= 15 is 0 Å². The Morgan fingerprint density at radius 1 is 1.07 bits per heavy atom. The zero-order chi connectivity index (χ0) is 19.4. The lowest BCUT2D eigenvalue weighted by Gasteiger charge is -2.21. The SMILES string of the molecule is Cc1ccccc1Nc1nc(C2(C)CC3(CC(C)(C)OC3=O)C(=O)O2)cs1. The van der Waals surface area contributed by atoms with Gasteiger partial charge in [-0.25, -0.2) is 4.98 Å². The molecule has 2 fully saturated rings. The van der Waals surface area contributed by atoms with Crippen LogP contribution in [0.15, 0.2) is 29.6 Å². The molecular weight excluding hydrogens is 364 g/mol. The second-order valence-corrected chi connectivity index (χ2v) is 9.04. The topological polar surface area (TPSA) is 77.5 Å². The Labute approximate surface area is 161 Å². The first-order chi connectivity index (χ1) is 12.6. The summed E-state index contributed by atoms with van der Waals surface area (Å²) in [6, 6.07) is 7.95. The van der Waals surface area contributed by atoms with Crippen LogP contribution in [-0.4, -0.2) is 22.5 Å². The zero-order valence-corrected chi connectivity index (χ0v) is 16.6. The number of hydrogen-bond donors (Lipinski definition) is 1. The maximum Gasteiger partial charge on any atom is 0.324 e. The number of esters is 2. The summed E-state index contributed by atoms with van der Waals surface area (Å²) >= 11 is 1.44. The number of benzene rings is 1. The monoisotopic (exact) mass is 386 g/mol. The van der Waals surface area contributed by atoms with Gasteiger partial charge >= 0.3 is 11.9 Å². The molecule has 2 saturated heterocycles. The van der Waals surface area contributed by atoms with E-state index in [1.54, 1.807) is 0 Å². The summed E-state index contributed by atoms with van der Waals surface area (Å²) in [6.07, 6.45) is 0.570. The summed E-state index contributed by atoms with van der Waals surface area (Å²) in [4.78, 5) is 29.8. The van der Waals surface area contributed by atoms with Gasteiger partial charge in [-0.05, 0) is 39.3 Å². The van der Waals surface area contributed by atoms with Crippen LogP contribution in [0.4, 0.5) is 10.8 Å². The van der Waals surface area contributed by atoms with Crippen LogP contribution in [-0.2, 0) is 24.7 Å². The molecule has 27 heavy (non-hydrogen) atoms. The first-order valence-electron chi connectivity index (χ1n) is 8.89. The Balaban J connectivity index is 1.60. The molecule has 142 valence electrons. The van der Waals surface area contributed by atoms with Crippen molar-refractivity contribution in [2.45, 2.75) is 51.7 Å². The Morgan fingerprint density at radius 2 is 1.78 bits per heavy atom. The van der Waals surface area contributed by atoms with E-state index in [9.17, 15) is 9.59 Å². The predicted octanol–water partition coefficient (Wildman–Crippen LogP) is 4.07. The van der Waals surface area contributed by atoms with E-state index in [4.69, 9.17) is 9.47 Å². The number of aromatic nitrogens is 1. The van der Waals surface area contributed by atoms with Gasteiger partial charge < -0.3 is 14.8 Å². The standard InChI is InChI=1S/C20H22N2O4S/c1-12-7-5-6-8-13(12)21-17-22-14(9-27-17)19(4)11-20(16(24)26-19)10-18(2,3)25-15(20)23/h5-9H,10-11H2,1-4H3,(H,21,22). The van der Waals surface area contributed by atoms with Crippen LogP contribution in [0.5, 0.6) is 0 Å². The van der Waals surface area contributed by atoms with Gasteiger partial charge in [-0.15, -0.1) is 11.3 Å². The molecule has 2 unspecified atom stereocenters. The smallest absolute Gasteiger partial charge is 0.324 e. The lowest BCUT2D eigenvalue weighted by atomic mass is 9.75. The van der Waals surface area contributed by atoms with Crippen molar-refractivity contribution in [3.8, 4) is 0 Å². The van der Waals surface area contributed by atoms with Gasteiger partial charge in [0.15, 0.2) is 16.1 Å². The lowest BCUT2D eigenvalue weighted by Crippen LogP contribution is -2.32. The third kappa shape index (κ3) is 2.90. The molecule has 1 aromatic heterocycles. The maximum absolute atomic E-state index is 12.7. The molecule has 0 aliphatic carbocycles. The van der Waals surface area contributed by atoms with Gasteiger partial charge in [0.2, 0.25) is 0 Å². The van der Waals surface area contributed by atoms with E-state index in [0.717, 1.165) is 11.3 Å². The van der Waals surface area contributed by atoms with Crippen LogP contribution < -0.4 is 5.32 Å². The van der Waals surface area contributed by atoms with E-state index in [1.807, 2.05) is 57.3 Å². The Bertz CT molecular complexity index is 938. The first kappa shape index (κ1) is 18.0. The van der Waals surface area contributed by atoms with Crippen molar-refractivity contribution in [2.75, 3.05) is 5.32 Å². The van der Waals surface area contributed by atoms with Crippen LogP contribution in [0.2, 0.25) is 0 Å². The van der Waals surface area contributed by atoms with Gasteiger partial charge in [0.25, 0.3) is 0 Å². The molecule has 0 radical (unpaired) electrons. The number of hydrogen-bond acceptors (Lipinski definition) is 7. The normalized spacial score (nSPS) is 29.0. The van der Waals surface area contributed by atoms with E-state index in [0.29, 0.717) is 17.2 Å². The highest BCUT2D eigenvalue weighted by Crippen LogP contribution is 2.54. The second kappa shape index (κ2) is 5.79. The molecule has 7 heteroatoms. The van der Waals surface area contributed by atoms with Crippen molar-refractivity contribution in [3.63, 3.8) is 0 Å². The van der Waals surface area contributed by atoms with Crippen LogP contribution in [0.1, 0.15) is 44.9 Å². The minimum Gasteiger partial charge on any atom is -0.459 e. The molecule has 2 aliphatic heterocycles. The highest BCUT2D eigenvalue weighted by Gasteiger charge is 2.67. The average Bonchev–Trinajstić information content (AvgIpc) is 3.19. The number of rotatable bonds is 3. The van der Waals surface area contributed by atoms with Crippen LogP contribution in [0, 0.1) is 12.3 Å². The van der Waals surface area contributed by atoms with Crippen molar-refractivity contribution in [2.24, 2.45) is 5.41 Å². The summed E-state index contributed by atoms with van der Waals surface area (Å²) in [7, 11) is 0. The number of para-hydroxylation sites is 1. The average molecular weight is 386 g/mol. The second-order valence-electron chi connectivity index (χ2n) is 8.18. The molecule has 1 aromatic carbocycles. The highest BCUT2D eigenvalue weighted by molar-refractivity contribution is 7.13. The summed E-state index contributed by atoms with van der Waals surface area (Å²) < 4.78 is 11.1. The fraction of sp³-hybridized carbons (Fsp3) is 0.450. The number of nitrogens with one attached hydrogen (secondary N) is 1. The molecule has 2 aliphatic rings. The number of carbonyl (C=O) groups excluding carboxylic acids is 2. The van der Waals surface area contributed by atoms with Gasteiger partial charge in [-0.1, -0.05) is 18.2 Å². The fourth-order valence-corrected chi connectivity index (χ4v) is 4.85. The van der Waals surface area contributed by atoms with Crippen LogP contribution in [0.25, 0.3) is 0 Å². The van der Waals surface area contributed by atoms with Crippen molar-refractivity contribution >= 4 is 34.1 Å². The number of aryl methyl sites for hydroxylation is 1. The lowest BCUT2D eigenvalue weighted by molar-refractivity contribution is -0.161. The Kier molecular flexibility index (Phi) is 3.86. The molecule has 1 N–H and O–H groups in total. The van der Waals surface area contributed by atoms with Gasteiger partial charge in [-0.3, -0.25) is 9.59 Å². The zero-order valence-electron chi connectivity index (χ0n) is 15.8. The molecule has 2 atom stereocenters. The van der Waals surface area contributed by atoms with Crippen LogP contribution >= 0.6 is 11.3 Å². The molecule has 2 aromatic rings. The van der Waals surface area contributed by atoms with E-state index in [1.165, 1.54) is 11.3 Å². The van der Waals surface area contributed by atoms with E-state index < -0.39 is 28.6 Å². The molecule has 6 nitrogen and oxygen atoms in total. The van der Waals surface area contributed by atoms with E-state index in [2.05, 4.69) is 10.3 Å². The van der Waals surface area contributed by atoms with Crippen LogP contribution in [0.3, 0.4) is 0 Å². The van der Waals surface area contributed by atoms with Gasteiger partial charge in [0, 0.05) is 23.9 Å². The largest absolute Gasteiger partial charge is 0.459 e. The first-order valence-corrected chi connectivity index (χ1v) is 9.77. The summed E-state index contributed by atoms with van der Waals surface area (Å²) in [5, 5.41) is 5.89. The number of thiazole rings is 1. The molecule has 0 bridgehead atoms. The van der Waals surface area contributed by atoms with Crippen molar-refractivity contribution in [1.82, 2.24) is 4.98 Å². The molecule has 0 saturated carbocycles. The molecule has 4 rings (SSSR count). The maximum atomic E-state index is 12.7. The van der Waals surface area contributed by atoms with Gasteiger partial charge in [-0.2, -0.15) is 0 Å². The van der Waals surface area contributed by atoms with Crippen molar-refractivity contribution in [1.29, 1.82) is 0 Å². The molecule has 0 amide bonds. The number of cyclic esters (lactones) is 2. The third-order valence-corrected chi connectivity index (χ3v) is 6.03. The number of ether oxygens (including phenoxy) is 2. The Hall–Kier alpha value is -2.41. The number of carbonyl (C=O) groups is 2.